The number of esters is 1. The number of methoxy groups -OCH3 is 1. The average molecular weight is 463 g/mol. The third-order valence-electron chi connectivity index (χ3n) is 6.66. The van der Waals surface area contributed by atoms with Gasteiger partial charge in [-0.1, -0.05) is 43.7 Å². The van der Waals surface area contributed by atoms with Gasteiger partial charge in [-0.15, -0.1) is 0 Å². The first kappa shape index (κ1) is 23.8. The summed E-state index contributed by atoms with van der Waals surface area (Å²) >= 11 is 0. The van der Waals surface area contributed by atoms with E-state index in [2.05, 4.69) is 4.98 Å². The number of nitrogens with two attached hydrogens (primary N) is 1. The van der Waals surface area contributed by atoms with Crippen LogP contribution in [0.15, 0.2) is 48.2 Å². The molecule has 7 heteroatoms. The second kappa shape index (κ2) is 8.80. The number of ketones is 2. The van der Waals surface area contributed by atoms with Crippen molar-refractivity contribution in [1.29, 1.82) is 0 Å². The molecule has 1 aromatic carbocycles. The first-order chi connectivity index (χ1) is 16.2. The van der Waals surface area contributed by atoms with E-state index in [0.717, 1.165) is 29.5 Å². The molecule has 0 bridgehead atoms. The molecule has 34 heavy (non-hydrogen) atoms. The number of hydrogen-bond donors (Lipinski definition) is 1. The number of rotatable bonds is 8. The largest absolute Gasteiger partial charge is 0.466 e. The van der Waals surface area contributed by atoms with E-state index in [1.54, 1.807) is 18.3 Å². The summed E-state index contributed by atoms with van der Waals surface area (Å²) in [6, 6.07) is 9.00. The van der Waals surface area contributed by atoms with Gasteiger partial charge in [-0.2, -0.15) is 0 Å². The topological polar surface area (TPSA) is 112 Å². The van der Waals surface area contributed by atoms with E-state index in [1.165, 1.54) is 7.11 Å². The second-order valence-corrected chi connectivity index (χ2v) is 9.54. The number of aromatic nitrogens is 1. The Bertz CT molecular complexity index is 1200. The zero-order valence-electron chi connectivity index (χ0n) is 20.0. The van der Waals surface area contributed by atoms with Gasteiger partial charge < -0.3 is 15.2 Å². The van der Waals surface area contributed by atoms with E-state index in [-0.39, 0.29) is 23.7 Å². The molecule has 2 aliphatic rings. The summed E-state index contributed by atoms with van der Waals surface area (Å²) in [7, 11) is 1.21. The lowest BCUT2D eigenvalue weighted by Crippen LogP contribution is -2.50. The van der Waals surface area contributed by atoms with Crippen LogP contribution in [0.5, 0.6) is 0 Å². The monoisotopic (exact) mass is 462 g/mol. The zero-order chi connectivity index (χ0) is 24.7. The number of carbonyl (C=O) groups is 3. The highest BCUT2D eigenvalue weighted by Gasteiger charge is 2.85. The number of aryl methyl sites for hydroxylation is 1. The van der Waals surface area contributed by atoms with Gasteiger partial charge in [0.15, 0.2) is 11.4 Å². The van der Waals surface area contributed by atoms with Crippen LogP contribution in [0.4, 0.5) is 5.82 Å². The number of hydrogen-bond acceptors (Lipinski definition) is 7. The van der Waals surface area contributed by atoms with Crippen molar-refractivity contribution in [3.63, 3.8) is 0 Å². The molecule has 1 fully saturated rings. The minimum Gasteiger partial charge on any atom is -0.466 e. The number of carbonyl (C=O) groups excluding carboxylic acids is 3. The number of benzene rings is 1. The molecule has 1 aliphatic heterocycles. The SMILES string of the molecule is COC(=O)C12OC1(CC=C(C)CCc1ccnc(N)c1)C(=O)c1cccc(CC(C)C)c1C2=O. The van der Waals surface area contributed by atoms with E-state index in [0.29, 0.717) is 17.8 Å². The minimum atomic E-state index is -1.92. The highest BCUT2D eigenvalue weighted by Crippen LogP contribution is 2.59. The number of fused-ring (bicyclic) bond motifs is 2. The van der Waals surface area contributed by atoms with Crippen molar-refractivity contribution in [3.05, 3.63) is 70.4 Å². The van der Waals surface area contributed by atoms with E-state index in [4.69, 9.17) is 15.2 Å². The Morgan fingerprint density at radius 1 is 1.24 bits per heavy atom. The normalized spacial score (nSPS) is 23.5. The summed E-state index contributed by atoms with van der Waals surface area (Å²) in [5.41, 5.74) is 5.69. The van der Waals surface area contributed by atoms with Crippen LogP contribution in [0.25, 0.3) is 0 Å². The maximum absolute atomic E-state index is 13.7. The van der Waals surface area contributed by atoms with Crippen molar-refractivity contribution >= 4 is 23.4 Å². The number of nitrogen functional groups attached to an aromatic ring is 1. The lowest BCUT2D eigenvalue weighted by atomic mass is 9.70. The van der Waals surface area contributed by atoms with Gasteiger partial charge in [-0.25, -0.2) is 9.78 Å². The molecule has 7 nitrogen and oxygen atoms in total. The minimum absolute atomic E-state index is 0.116. The first-order valence-electron chi connectivity index (χ1n) is 11.5. The standard InChI is InChI=1S/C27H30N2O5/c1-16(2)14-19-6-5-7-20-22(19)24(31)27(25(32)33-4)26(34-27,23(20)30)12-10-17(3)8-9-18-11-13-29-21(28)15-18/h5-7,10-11,13,15-16H,8-9,12,14H2,1-4H3,(H2,28,29). The number of nitrogens with zero attached hydrogens (tertiary/aromatic N) is 1. The molecular weight excluding hydrogens is 432 g/mol. The number of ether oxygens (including phenoxy) is 2. The summed E-state index contributed by atoms with van der Waals surface area (Å²) in [6.45, 7) is 6.03. The van der Waals surface area contributed by atoms with Crippen molar-refractivity contribution in [3.8, 4) is 0 Å². The van der Waals surface area contributed by atoms with Gasteiger partial charge >= 0.3 is 5.97 Å². The van der Waals surface area contributed by atoms with Crippen molar-refractivity contribution in [1.82, 2.24) is 4.98 Å². The molecule has 4 rings (SSSR count). The van der Waals surface area contributed by atoms with Crippen molar-refractivity contribution < 1.29 is 23.9 Å². The number of allylic oxidation sites excluding steroid dienone is 1. The van der Waals surface area contributed by atoms with Crippen LogP contribution < -0.4 is 5.73 Å². The molecule has 0 radical (unpaired) electrons. The van der Waals surface area contributed by atoms with Crippen LogP contribution in [0.1, 0.15) is 65.5 Å². The summed E-state index contributed by atoms with van der Waals surface area (Å²) < 4.78 is 10.8. The smallest absolute Gasteiger partial charge is 0.350 e. The lowest BCUT2D eigenvalue weighted by Gasteiger charge is -2.25. The third kappa shape index (κ3) is 3.74. The first-order valence-corrected chi connectivity index (χ1v) is 11.5. The predicted octanol–water partition coefficient (Wildman–Crippen LogP) is 3.89. The Morgan fingerprint density at radius 3 is 2.68 bits per heavy atom. The molecule has 2 aromatic rings. The second-order valence-electron chi connectivity index (χ2n) is 9.54. The summed E-state index contributed by atoms with van der Waals surface area (Å²) in [4.78, 5) is 44.3. The summed E-state index contributed by atoms with van der Waals surface area (Å²) in [6.07, 6.45) is 5.75. The van der Waals surface area contributed by atoms with E-state index in [9.17, 15) is 14.4 Å². The lowest BCUT2D eigenvalue weighted by molar-refractivity contribution is -0.145. The van der Waals surface area contributed by atoms with Gasteiger partial charge in [0.1, 0.15) is 5.82 Å². The molecule has 1 saturated heterocycles. The van der Waals surface area contributed by atoms with Gasteiger partial charge in [0.25, 0.3) is 5.60 Å². The van der Waals surface area contributed by atoms with Gasteiger partial charge in [0, 0.05) is 23.7 Å². The van der Waals surface area contributed by atoms with Crippen LogP contribution in [0.3, 0.4) is 0 Å². The number of epoxide rings is 1. The molecular formula is C27H30N2O5. The molecule has 0 spiro atoms. The molecule has 0 amide bonds. The van der Waals surface area contributed by atoms with Crippen LogP contribution >= 0.6 is 0 Å². The Hall–Kier alpha value is -3.32. The van der Waals surface area contributed by atoms with Crippen LogP contribution in [-0.4, -0.2) is 40.8 Å². The maximum atomic E-state index is 13.7. The molecule has 1 aliphatic carbocycles. The van der Waals surface area contributed by atoms with Crippen LogP contribution in [0.2, 0.25) is 0 Å². The number of anilines is 1. The van der Waals surface area contributed by atoms with Gasteiger partial charge in [0.2, 0.25) is 5.78 Å². The molecule has 178 valence electrons. The molecule has 1 aromatic heterocycles. The number of pyridine rings is 1. The third-order valence-corrected chi connectivity index (χ3v) is 6.66. The van der Waals surface area contributed by atoms with Crippen LogP contribution in [-0.2, 0) is 27.1 Å². The van der Waals surface area contributed by atoms with E-state index >= 15 is 0 Å². The summed E-state index contributed by atoms with van der Waals surface area (Å²) in [5, 5.41) is 0. The molecule has 2 atom stereocenters. The Balaban J connectivity index is 1.65. The fourth-order valence-electron chi connectivity index (χ4n) is 4.87. The van der Waals surface area contributed by atoms with Crippen LogP contribution in [0, 0.1) is 5.92 Å². The Morgan fingerprint density at radius 2 is 2.00 bits per heavy atom. The van der Waals surface area contributed by atoms with Gasteiger partial charge in [0.05, 0.1) is 7.11 Å². The van der Waals surface area contributed by atoms with Crippen molar-refractivity contribution in [2.24, 2.45) is 5.92 Å². The van der Waals surface area contributed by atoms with Crippen molar-refractivity contribution in [2.75, 3.05) is 12.8 Å². The zero-order valence-corrected chi connectivity index (χ0v) is 20.0. The van der Waals surface area contributed by atoms with E-state index < -0.39 is 23.0 Å². The highest BCUT2D eigenvalue weighted by atomic mass is 16.7. The maximum Gasteiger partial charge on any atom is 0.350 e. The molecule has 2 heterocycles. The molecule has 2 unspecified atom stereocenters. The van der Waals surface area contributed by atoms with Crippen molar-refractivity contribution in [2.45, 2.75) is 57.7 Å². The Kier molecular flexibility index (Phi) is 6.16. The predicted molar refractivity (Wildman–Crippen MR) is 128 cm³/mol. The summed E-state index contributed by atoms with van der Waals surface area (Å²) in [5.74, 6) is -0.910. The van der Waals surface area contributed by atoms with E-state index in [1.807, 2.05) is 45.0 Å². The quantitative estimate of drug-likeness (QED) is 0.274. The number of Topliss-reactive ketones (excluding diaryl/α,β-unsaturated/α-hetero) is 2. The van der Waals surface area contributed by atoms with Gasteiger partial charge in [-0.3, -0.25) is 9.59 Å². The fourth-order valence-corrected chi connectivity index (χ4v) is 4.87. The highest BCUT2D eigenvalue weighted by molar-refractivity contribution is 6.33. The average Bonchev–Trinajstić information content (AvgIpc) is 3.51. The molecule has 0 saturated carbocycles. The Labute approximate surface area is 199 Å². The molecule has 2 N–H and O–H groups in total. The fraction of sp³-hybridized carbons (Fsp3) is 0.407. The van der Waals surface area contributed by atoms with Gasteiger partial charge in [-0.05, 0) is 55.4 Å².